The smallest absolute Gasteiger partial charge is 0.0671 e. The van der Waals surface area contributed by atoms with E-state index >= 15 is 0 Å². The van der Waals surface area contributed by atoms with E-state index in [0.717, 1.165) is 22.5 Å². The van der Waals surface area contributed by atoms with Gasteiger partial charge in [0.1, 0.15) is 0 Å². The van der Waals surface area contributed by atoms with E-state index < -0.39 is 0 Å². The van der Waals surface area contributed by atoms with E-state index in [4.69, 9.17) is 4.99 Å². The van der Waals surface area contributed by atoms with Gasteiger partial charge in [-0.05, 0) is 91.8 Å². The molecule has 238 valence electrons. The lowest BCUT2D eigenvalue weighted by Gasteiger charge is -2.16. The fraction of sp³-hybridized carbons (Fsp3) is 0.0625. The van der Waals surface area contributed by atoms with Gasteiger partial charge in [0.2, 0.25) is 0 Å². The molecule has 50 heavy (non-hydrogen) atoms. The van der Waals surface area contributed by atoms with Gasteiger partial charge in [0.05, 0.1) is 5.70 Å². The Bertz CT molecular complexity index is 2780. The molecule has 1 heterocycles. The van der Waals surface area contributed by atoms with Crippen molar-refractivity contribution in [1.29, 1.82) is 0 Å². The number of benzene rings is 8. The number of rotatable bonds is 6. The molecule has 0 N–H and O–H groups in total. The zero-order chi connectivity index (χ0) is 33.6. The number of nitrogens with zero attached hydrogens (tertiary/aromatic N) is 1. The number of fused-ring (bicyclic) bond motifs is 7. The Morgan fingerprint density at radius 3 is 2.04 bits per heavy atom. The average Bonchev–Trinajstić information content (AvgIpc) is 3.56. The molecule has 1 unspecified atom stereocenters. The van der Waals surface area contributed by atoms with Gasteiger partial charge in [-0.1, -0.05) is 146 Å². The lowest BCUT2D eigenvalue weighted by Crippen LogP contribution is -1.98. The highest BCUT2D eigenvalue weighted by atomic mass is 32.1. The Morgan fingerprint density at radius 1 is 0.520 bits per heavy atom. The second-order valence-corrected chi connectivity index (χ2v) is 14.3. The quantitative estimate of drug-likeness (QED) is 0.158. The van der Waals surface area contributed by atoms with Gasteiger partial charge in [-0.15, -0.1) is 11.3 Å². The van der Waals surface area contributed by atoms with Gasteiger partial charge in [-0.3, -0.25) is 4.99 Å². The zero-order valence-electron chi connectivity index (χ0n) is 28.1. The van der Waals surface area contributed by atoms with Crippen LogP contribution in [-0.4, -0.2) is 5.71 Å². The van der Waals surface area contributed by atoms with Crippen LogP contribution in [0.15, 0.2) is 175 Å². The first kappa shape index (κ1) is 30.2. The first-order valence-electron chi connectivity index (χ1n) is 17.3. The molecule has 9 rings (SSSR count). The van der Waals surface area contributed by atoms with E-state index in [-0.39, 0.29) is 5.92 Å². The lowest BCUT2D eigenvalue weighted by atomic mass is 9.89. The molecule has 1 aromatic heterocycles. The van der Waals surface area contributed by atoms with E-state index in [1.54, 1.807) is 0 Å². The van der Waals surface area contributed by atoms with Crippen LogP contribution in [0, 0.1) is 0 Å². The standard InChI is InChI=1S/C48H35NS/c1-31(26-46(49-32(2)33-12-4-3-5-13-33)39-21-20-34-14-6-7-15-35(34)28-39)45-30-40(29-37-16-8-9-17-41(37)45)36-22-24-42-38(27-36)23-25-44-43-18-10-11-19-47(43)50-48(42)44/h3-31H,1-2H3/b46-26-,49-32+. The largest absolute Gasteiger partial charge is 0.253 e. The Balaban J connectivity index is 1.18. The first-order chi connectivity index (χ1) is 24.6. The maximum Gasteiger partial charge on any atom is 0.0671 e. The van der Waals surface area contributed by atoms with Gasteiger partial charge in [-0.2, -0.15) is 0 Å². The summed E-state index contributed by atoms with van der Waals surface area (Å²) in [5, 5.41) is 10.2. The SMILES string of the molecule is C/C(=N\C(=C/C(C)c1cc(-c2ccc3c(ccc4c5ccccc5sc34)c2)cc2ccccc12)c1ccc2ccccc2c1)c1ccccc1. The topological polar surface area (TPSA) is 12.4 Å². The molecule has 0 aliphatic rings. The van der Waals surface area contributed by atoms with Crippen LogP contribution in [0.5, 0.6) is 0 Å². The molecule has 1 nitrogen and oxygen atoms in total. The predicted octanol–water partition coefficient (Wildman–Crippen LogP) is 13.8. The van der Waals surface area contributed by atoms with Crippen LogP contribution >= 0.6 is 11.3 Å². The van der Waals surface area contributed by atoms with Gasteiger partial charge in [0, 0.05) is 37.4 Å². The Kier molecular flexibility index (Phi) is 7.60. The highest BCUT2D eigenvalue weighted by molar-refractivity contribution is 7.26. The molecule has 8 aromatic carbocycles. The Morgan fingerprint density at radius 2 is 1.18 bits per heavy atom. The monoisotopic (exact) mass is 657 g/mol. The molecule has 0 bridgehead atoms. The molecule has 0 amide bonds. The maximum atomic E-state index is 5.30. The highest BCUT2D eigenvalue weighted by Gasteiger charge is 2.15. The minimum Gasteiger partial charge on any atom is -0.253 e. The minimum absolute atomic E-state index is 0.104. The highest BCUT2D eigenvalue weighted by Crippen LogP contribution is 2.40. The number of aliphatic imine (C=N–C) groups is 1. The second kappa shape index (κ2) is 12.6. The van der Waals surface area contributed by atoms with Crippen LogP contribution in [0.4, 0.5) is 0 Å². The molecule has 0 saturated heterocycles. The first-order valence-corrected chi connectivity index (χ1v) is 18.1. The van der Waals surface area contributed by atoms with Crippen LogP contribution in [-0.2, 0) is 0 Å². The summed E-state index contributed by atoms with van der Waals surface area (Å²) in [6.07, 6.45) is 2.35. The number of thiophene rings is 1. The summed E-state index contributed by atoms with van der Waals surface area (Å²) >= 11 is 1.89. The summed E-state index contributed by atoms with van der Waals surface area (Å²) in [6, 6.07) is 59.5. The maximum absolute atomic E-state index is 5.30. The van der Waals surface area contributed by atoms with Gasteiger partial charge >= 0.3 is 0 Å². The van der Waals surface area contributed by atoms with Crippen molar-refractivity contribution >= 4 is 75.2 Å². The normalized spacial score (nSPS) is 13.2. The molecule has 0 saturated carbocycles. The van der Waals surface area contributed by atoms with Crippen molar-refractivity contribution < 1.29 is 0 Å². The van der Waals surface area contributed by atoms with Crippen LogP contribution in [0.25, 0.3) is 69.3 Å². The summed E-state index contributed by atoms with van der Waals surface area (Å²) in [5.41, 5.74) is 7.99. The van der Waals surface area contributed by atoms with Gasteiger partial charge in [0.15, 0.2) is 0 Å². The fourth-order valence-electron chi connectivity index (χ4n) is 7.37. The average molecular weight is 658 g/mol. The van der Waals surface area contributed by atoms with Crippen LogP contribution in [0.3, 0.4) is 0 Å². The third-order valence-corrected chi connectivity index (χ3v) is 11.2. The van der Waals surface area contributed by atoms with E-state index in [1.165, 1.54) is 69.2 Å². The van der Waals surface area contributed by atoms with Crippen molar-refractivity contribution in [2.75, 3.05) is 0 Å². The van der Waals surface area contributed by atoms with Crippen molar-refractivity contribution in [3.63, 3.8) is 0 Å². The Labute approximate surface area is 296 Å². The number of hydrogen-bond acceptors (Lipinski definition) is 2. The van der Waals surface area contributed by atoms with Gasteiger partial charge < -0.3 is 0 Å². The lowest BCUT2D eigenvalue weighted by molar-refractivity contribution is 0.980. The van der Waals surface area contributed by atoms with Crippen molar-refractivity contribution in [3.8, 4) is 11.1 Å². The summed E-state index contributed by atoms with van der Waals surface area (Å²) < 4.78 is 2.70. The van der Waals surface area contributed by atoms with E-state index in [9.17, 15) is 0 Å². The van der Waals surface area contributed by atoms with Crippen molar-refractivity contribution in [2.24, 2.45) is 4.99 Å². The van der Waals surface area contributed by atoms with Crippen LogP contribution in [0.1, 0.15) is 36.5 Å². The molecule has 9 aromatic rings. The third kappa shape index (κ3) is 5.48. The third-order valence-electron chi connectivity index (χ3n) is 10.0. The number of hydrogen-bond donors (Lipinski definition) is 0. The molecule has 0 fully saturated rings. The molecular weight excluding hydrogens is 623 g/mol. The van der Waals surface area contributed by atoms with Crippen LogP contribution in [0.2, 0.25) is 0 Å². The second-order valence-electron chi connectivity index (χ2n) is 13.2. The Hall–Kier alpha value is -5.83. The van der Waals surface area contributed by atoms with E-state index in [1.807, 2.05) is 11.3 Å². The molecule has 0 spiro atoms. The van der Waals surface area contributed by atoms with Crippen LogP contribution < -0.4 is 0 Å². The summed E-state index contributed by atoms with van der Waals surface area (Å²) in [4.78, 5) is 5.30. The molecule has 1 atom stereocenters. The number of allylic oxidation sites excluding steroid dienone is 1. The summed E-state index contributed by atoms with van der Waals surface area (Å²) in [7, 11) is 0. The molecule has 0 aliphatic carbocycles. The minimum atomic E-state index is 0.104. The van der Waals surface area contributed by atoms with Crippen molar-refractivity contribution in [3.05, 3.63) is 187 Å². The van der Waals surface area contributed by atoms with Crippen molar-refractivity contribution in [2.45, 2.75) is 19.8 Å². The predicted molar refractivity (Wildman–Crippen MR) is 219 cm³/mol. The molecule has 2 heteroatoms. The molecule has 0 aliphatic heterocycles. The summed E-state index contributed by atoms with van der Waals surface area (Å²) in [6.45, 7) is 4.41. The van der Waals surface area contributed by atoms with Gasteiger partial charge in [-0.25, -0.2) is 0 Å². The van der Waals surface area contributed by atoms with E-state index in [0.29, 0.717) is 0 Å². The van der Waals surface area contributed by atoms with E-state index in [2.05, 4.69) is 184 Å². The molecule has 0 radical (unpaired) electrons. The summed E-state index contributed by atoms with van der Waals surface area (Å²) in [5.74, 6) is 0.104. The zero-order valence-corrected chi connectivity index (χ0v) is 28.9. The fourth-order valence-corrected chi connectivity index (χ4v) is 8.61. The van der Waals surface area contributed by atoms with Gasteiger partial charge in [0.25, 0.3) is 0 Å². The molecular formula is C48H35NS. The van der Waals surface area contributed by atoms with Crippen molar-refractivity contribution in [1.82, 2.24) is 0 Å².